The normalized spacial score (nSPS) is 9.67. The van der Waals surface area contributed by atoms with Gasteiger partial charge in [0.2, 0.25) is 4.38 Å². The third kappa shape index (κ3) is 4.40. The summed E-state index contributed by atoms with van der Waals surface area (Å²) < 4.78 is 5.47. The van der Waals surface area contributed by atoms with Gasteiger partial charge in [0.05, 0.1) is 12.4 Å². The molecule has 3 nitrogen and oxygen atoms in total. The van der Waals surface area contributed by atoms with Gasteiger partial charge in [-0.15, -0.1) is 0 Å². The first kappa shape index (κ1) is 12.1. The number of nitrogens with zero attached hydrogens (tertiary/aromatic N) is 1. The second-order valence-corrected chi connectivity index (χ2v) is 4.21. The summed E-state index contributed by atoms with van der Waals surface area (Å²) in [6.07, 6.45) is 3.18. The molecule has 0 aliphatic heterocycles. The van der Waals surface area contributed by atoms with Gasteiger partial charge in [-0.2, -0.15) is 0 Å². The molecule has 5 heteroatoms. The molecule has 0 bridgehead atoms. The third-order valence-electron chi connectivity index (χ3n) is 1.57. The molecule has 0 N–H and O–H groups in total. The molecule has 1 aromatic rings. The van der Waals surface area contributed by atoms with Crippen molar-refractivity contribution in [2.24, 2.45) is 0 Å². The fraction of sp³-hybridized carbons (Fsp3) is 0.300. The fourth-order valence-electron chi connectivity index (χ4n) is 0.895. The van der Waals surface area contributed by atoms with E-state index < -0.39 is 0 Å². The van der Waals surface area contributed by atoms with Crippen molar-refractivity contribution in [3.05, 3.63) is 30.1 Å². The Kier molecular flexibility index (Phi) is 5.28. The van der Waals surface area contributed by atoms with Crippen molar-refractivity contribution in [2.75, 3.05) is 12.4 Å². The molecule has 0 amide bonds. The number of hydrogen-bond donors (Lipinski definition) is 0. The minimum Gasteiger partial charge on any atom is -0.479 e. The SMILES string of the molecule is CCOC(=S)SCC(=O)c1cccnc1. The molecule has 0 radical (unpaired) electrons. The van der Waals surface area contributed by atoms with Crippen LogP contribution in [0.1, 0.15) is 17.3 Å². The number of aromatic nitrogens is 1. The van der Waals surface area contributed by atoms with Gasteiger partial charge in [0.25, 0.3) is 0 Å². The first-order valence-electron chi connectivity index (χ1n) is 4.46. The van der Waals surface area contributed by atoms with Crippen LogP contribution in [0.3, 0.4) is 0 Å². The van der Waals surface area contributed by atoms with E-state index in [0.29, 0.717) is 22.3 Å². The number of rotatable bonds is 4. The second kappa shape index (κ2) is 6.53. The number of Topliss-reactive ketones (excluding diaryl/α,β-unsaturated/α-hetero) is 1. The molecule has 0 atom stereocenters. The Bertz CT molecular complexity index is 341. The average Bonchev–Trinajstić information content (AvgIpc) is 2.27. The van der Waals surface area contributed by atoms with E-state index in [1.807, 2.05) is 6.92 Å². The lowest BCUT2D eigenvalue weighted by Crippen LogP contribution is -2.06. The van der Waals surface area contributed by atoms with E-state index in [1.165, 1.54) is 11.8 Å². The lowest BCUT2D eigenvalue weighted by Gasteiger charge is -2.03. The van der Waals surface area contributed by atoms with E-state index in [2.05, 4.69) is 4.98 Å². The Balaban J connectivity index is 2.40. The maximum Gasteiger partial charge on any atom is 0.220 e. The molecule has 0 aliphatic rings. The molecule has 80 valence electrons. The highest BCUT2D eigenvalue weighted by Crippen LogP contribution is 2.09. The summed E-state index contributed by atoms with van der Waals surface area (Å²) in [5, 5.41) is 0. The van der Waals surface area contributed by atoms with Gasteiger partial charge in [-0.05, 0) is 31.3 Å². The van der Waals surface area contributed by atoms with Crippen LogP contribution in [0.2, 0.25) is 0 Å². The first-order chi connectivity index (χ1) is 7.24. The number of thiocarbonyl (C=S) groups is 1. The number of carbonyl (C=O) groups is 1. The fourth-order valence-corrected chi connectivity index (χ4v) is 1.81. The zero-order valence-electron chi connectivity index (χ0n) is 8.30. The van der Waals surface area contributed by atoms with Gasteiger partial charge in [-0.3, -0.25) is 9.78 Å². The van der Waals surface area contributed by atoms with Crippen LogP contribution in [-0.2, 0) is 4.74 Å². The monoisotopic (exact) mass is 241 g/mol. The van der Waals surface area contributed by atoms with Gasteiger partial charge < -0.3 is 4.74 Å². The third-order valence-corrected chi connectivity index (χ3v) is 2.80. The second-order valence-electron chi connectivity index (χ2n) is 2.64. The van der Waals surface area contributed by atoms with Gasteiger partial charge in [0.1, 0.15) is 0 Å². The maximum absolute atomic E-state index is 11.6. The van der Waals surface area contributed by atoms with Crippen molar-refractivity contribution in [1.29, 1.82) is 0 Å². The Labute approximate surface area is 98.2 Å². The van der Waals surface area contributed by atoms with Crippen LogP contribution < -0.4 is 0 Å². The van der Waals surface area contributed by atoms with E-state index in [4.69, 9.17) is 17.0 Å². The van der Waals surface area contributed by atoms with E-state index in [1.54, 1.807) is 24.5 Å². The molecule has 1 aromatic heterocycles. The van der Waals surface area contributed by atoms with Gasteiger partial charge in [0.15, 0.2) is 5.78 Å². The van der Waals surface area contributed by atoms with Crippen LogP contribution in [0.4, 0.5) is 0 Å². The molecule has 1 rings (SSSR count). The topological polar surface area (TPSA) is 39.2 Å². The predicted octanol–water partition coefficient (Wildman–Crippen LogP) is 2.32. The van der Waals surface area contributed by atoms with Crippen molar-refractivity contribution in [2.45, 2.75) is 6.92 Å². The largest absolute Gasteiger partial charge is 0.479 e. The molecule has 0 aromatic carbocycles. The molecule has 1 heterocycles. The summed E-state index contributed by atoms with van der Waals surface area (Å²) in [5.74, 6) is 0.306. The van der Waals surface area contributed by atoms with Crippen LogP contribution >= 0.6 is 24.0 Å². The number of thioether (sulfide) groups is 1. The zero-order valence-corrected chi connectivity index (χ0v) is 9.94. The van der Waals surface area contributed by atoms with Gasteiger partial charge in [-0.1, -0.05) is 11.8 Å². The zero-order chi connectivity index (χ0) is 11.1. The minimum absolute atomic E-state index is 0.00940. The van der Waals surface area contributed by atoms with Gasteiger partial charge >= 0.3 is 0 Å². The van der Waals surface area contributed by atoms with Crippen molar-refractivity contribution in [1.82, 2.24) is 4.98 Å². The summed E-state index contributed by atoms with van der Waals surface area (Å²) in [5.41, 5.74) is 0.601. The van der Waals surface area contributed by atoms with Gasteiger partial charge in [0, 0.05) is 18.0 Å². The minimum atomic E-state index is 0.00940. The number of pyridine rings is 1. The van der Waals surface area contributed by atoms with Crippen LogP contribution in [-0.4, -0.2) is 27.5 Å². The summed E-state index contributed by atoms with van der Waals surface area (Å²) in [6, 6.07) is 3.47. The molecule has 0 unspecified atom stereocenters. The van der Waals surface area contributed by atoms with E-state index in [0.717, 1.165) is 0 Å². The van der Waals surface area contributed by atoms with Crippen molar-refractivity contribution >= 4 is 34.1 Å². The highest BCUT2D eigenvalue weighted by Gasteiger charge is 2.07. The summed E-state index contributed by atoms with van der Waals surface area (Å²) in [4.78, 5) is 15.5. The molecule has 15 heavy (non-hydrogen) atoms. The summed E-state index contributed by atoms with van der Waals surface area (Å²) >= 11 is 6.13. The Morgan fingerprint density at radius 2 is 2.47 bits per heavy atom. The van der Waals surface area contributed by atoms with Crippen molar-refractivity contribution < 1.29 is 9.53 Å². The molecular formula is C10H11NO2S2. The van der Waals surface area contributed by atoms with E-state index >= 15 is 0 Å². The molecular weight excluding hydrogens is 230 g/mol. The Hall–Kier alpha value is -0.940. The number of ketones is 1. The van der Waals surface area contributed by atoms with Crippen LogP contribution in [0.15, 0.2) is 24.5 Å². The molecule has 0 saturated carbocycles. The lowest BCUT2D eigenvalue weighted by atomic mass is 10.2. The van der Waals surface area contributed by atoms with Crippen molar-refractivity contribution in [3.8, 4) is 0 Å². The maximum atomic E-state index is 11.6. The first-order valence-corrected chi connectivity index (χ1v) is 5.86. The number of carbonyl (C=O) groups excluding carboxylic acids is 1. The van der Waals surface area contributed by atoms with E-state index in [9.17, 15) is 4.79 Å². The molecule has 0 saturated heterocycles. The summed E-state index contributed by atoms with van der Waals surface area (Å²) in [7, 11) is 0. The smallest absolute Gasteiger partial charge is 0.220 e. The van der Waals surface area contributed by atoms with Gasteiger partial charge in [-0.25, -0.2) is 0 Å². The molecule has 0 spiro atoms. The standard InChI is InChI=1S/C10H11NO2S2/c1-2-13-10(14)15-7-9(12)8-4-3-5-11-6-8/h3-6H,2,7H2,1H3. The Morgan fingerprint density at radius 1 is 1.67 bits per heavy atom. The molecule has 0 aliphatic carbocycles. The van der Waals surface area contributed by atoms with Crippen LogP contribution in [0, 0.1) is 0 Å². The summed E-state index contributed by atoms with van der Waals surface area (Å²) in [6.45, 7) is 2.39. The highest BCUT2D eigenvalue weighted by atomic mass is 32.2. The lowest BCUT2D eigenvalue weighted by molar-refractivity contribution is 0.102. The highest BCUT2D eigenvalue weighted by molar-refractivity contribution is 8.23. The number of hydrogen-bond acceptors (Lipinski definition) is 5. The molecule has 0 fully saturated rings. The average molecular weight is 241 g/mol. The number of ether oxygens (including phenoxy) is 1. The quantitative estimate of drug-likeness (QED) is 0.597. The van der Waals surface area contributed by atoms with Crippen molar-refractivity contribution in [3.63, 3.8) is 0 Å². The predicted molar refractivity (Wildman–Crippen MR) is 65.2 cm³/mol. The van der Waals surface area contributed by atoms with Crippen LogP contribution in [0.25, 0.3) is 0 Å². The Morgan fingerprint density at radius 3 is 3.07 bits per heavy atom. The van der Waals surface area contributed by atoms with Crippen LogP contribution in [0.5, 0.6) is 0 Å². The van der Waals surface area contributed by atoms with E-state index in [-0.39, 0.29) is 5.78 Å².